The number of hydrogen-bond acceptors (Lipinski definition) is 6. The highest BCUT2D eigenvalue weighted by Gasteiger charge is 2.15. The van der Waals surface area contributed by atoms with Crippen molar-refractivity contribution in [1.29, 1.82) is 0 Å². The molecule has 0 aliphatic carbocycles. The second kappa shape index (κ2) is 14.4. The van der Waals surface area contributed by atoms with E-state index in [1.165, 1.54) is 5.56 Å². The third kappa shape index (κ3) is 6.58. The van der Waals surface area contributed by atoms with Crippen LogP contribution in [0.2, 0.25) is 0 Å². The first-order valence-electron chi connectivity index (χ1n) is 19.6. The molecule has 0 bridgehead atoms. The molecule has 6 heteroatoms. The molecule has 0 aliphatic rings. The molecule has 11 rings (SSSR count). The zero-order valence-corrected chi connectivity index (χ0v) is 31.7. The van der Waals surface area contributed by atoms with Gasteiger partial charge in [-0.05, 0) is 74.8 Å². The van der Waals surface area contributed by atoms with Crippen LogP contribution < -0.4 is 0 Å². The van der Waals surface area contributed by atoms with Gasteiger partial charge < -0.3 is 4.42 Å². The zero-order chi connectivity index (χ0) is 39.1. The largest absolute Gasteiger partial charge is 0.436 e. The van der Waals surface area contributed by atoms with Gasteiger partial charge in [0.1, 0.15) is 11.1 Å². The summed E-state index contributed by atoms with van der Waals surface area (Å²) in [7, 11) is 0. The first-order valence-corrected chi connectivity index (χ1v) is 19.6. The minimum atomic E-state index is 0.553. The minimum absolute atomic E-state index is 0.553. The van der Waals surface area contributed by atoms with Gasteiger partial charge in [0.05, 0.1) is 11.0 Å². The van der Waals surface area contributed by atoms with Crippen molar-refractivity contribution in [3.05, 3.63) is 200 Å². The molecular weight excluding hydrogens is 723 g/mol. The molecule has 6 nitrogen and oxygen atoms in total. The first-order chi connectivity index (χ1) is 29.2. The summed E-state index contributed by atoms with van der Waals surface area (Å²) in [6, 6.07) is 68.8. The van der Waals surface area contributed by atoms with Crippen molar-refractivity contribution in [3.63, 3.8) is 0 Å². The molecule has 8 aromatic carbocycles. The van der Waals surface area contributed by atoms with Gasteiger partial charge in [-0.25, -0.2) is 24.9 Å². The lowest BCUT2D eigenvalue weighted by atomic mass is 9.96. The SMILES string of the molecule is c1ccc(-c2ccc(-c3nc(-c4ccccc4)nc(-c4ccc(-c5ccc(-c6cccc(-c7ccc8c(c7)oc7nc9ccccc9nc78)c6)cc5)cc4)n3)cc2)cc1. The van der Waals surface area contributed by atoms with Crippen LogP contribution in [0.3, 0.4) is 0 Å². The van der Waals surface area contributed by atoms with E-state index in [1.807, 2.05) is 60.7 Å². The van der Waals surface area contributed by atoms with E-state index in [4.69, 9.17) is 29.3 Å². The predicted octanol–water partition coefficient (Wildman–Crippen LogP) is 13.4. The Morgan fingerprint density at radius 1 is 0.271 bits per heavy atom. The lowest BCUT2D eigenvalue weighted by Gasteiger charge is -2.10. The molecule has 0 unspecified atom stereocenters. The van der Waals surface area contributed by atoms with Crippen LogP contribution in [0.25, 0.3) is 112 Å². The summed E-state index contributed by atoms with van der Waals surface area (Å²) in [6.07, 6.45) is 0. The number of benzene rings is 8. The van der Waals surface area contributed by atoms with Crippen molar-refractivity contribution >= 4 is 33.2 Å². The Bertz CT molecular complexity index is 3290. The highest BCUT2D eigenvalue weighted by atomic mass is 16.3. The normalized spacial score (nSPS) is 11.4. The van der Waals surface area contributed by atoms with E-state index >= 15 is 0 Å². The van der Waals surface area contributed by atoms with Gasteiger partial charge in [-0.15, -0.1) is 0 Å². The zero-order valence-electron chi connectivity index (χ0n) is 31.7. The van der Waals surface area contributed by atoms with Crippen LogP contribution in [0.15, 0.2) is 205 Å². The number of fused-ring (bicyclic) bond motifs is 4. The van der Waals surface area contributed by atoms with Crippen molar-refractivity contribution in [3.8, 4) is 78.7 Å². The lowest BCUT2D eigenvalue weighted by molar-refractivity contribution is 0.655. The summed E-state index contributed by atoms with van der Waals surface area (Å²) in [4.78, 5) is 24.4. The van der Waals surface area contributed by atoms with E-state index in [-0.39, 0.29) is 0 Å². The quantitative estimate of drug-likeness (QED) is 0.161. The average Bonchev–Trinajstić information content (AvgIpc) is 3.68. The fraction of sp³-hybridized carbons (Fsp3) is 0. The van der Waals surface area contributed by atoms with Crippen LogP contribution in [0.1, 0.15) is 0 Å². The summed E-state index contributed by atoms with van der Waals surface area (Å²) in [6.45, 7) is 0. The van der Waals surface area contributed by atoms with Crippen LogP contribution >= 0.6 is 0 Å². The molecule has 0 saturated carbocycles. The number of rotatable bonds is 7. The second-order valence-electron chi connectivity index (χ2n) is 14.5. The Hall–Kier alpha value is -8.09. The molecule has 0 aliphatic heterocycles. The van der Waals surface area contributed by atoms with Crippen LogP contribution in [-0.4, -0.2) is 24.9 Å². The predicted molar refractivity (Wildman–Crippen MR) is 238 cm³/mol. The van der Waals surface area contributed by atoms with Gasteiger partial charge in [-0.1, -0.05) is 170 Å². The summed E-state index contributed by atoms with van der Waals surface area (Å²) in [5, 5.41) is 0.960. The molecule has 0 atom stereocenters. The van der Waals surface area contributed by atoms with Gasteiger partial charge in [-0.3, -0.25) is 0 Å². The molecule has 3 heterocycles. The molecule has 0 N–H and O–H groups in total. The second-order valence-corrected chi connectivity index (χ2v) is 14.5. The van der Waals surface area contributed by atoms with Crippen LogP contribution in [0.4, 0.5) is 0 Å². The fourth-order valence-corrected chi connectivity index (χ4v) is 7.65. The third-order valence-corrected chi connectivity index (χ3v) is 10.8. The summed E-state index contributed by atoms with van der Waals surface area (Å²) >= 11 is 0. The highest BCUT2D eigenvalue weighted by Crippen LogP contribution is 2.34. The number of nitrogens with zero attached hydrogens (tertiary/aromatic N) is 5. The average molecular weight is 756 g/mol. The molecule has 0 fully saturated rings. The van der Waals surface area contributed by atoms with E-state index in [9.17, 15) is 0 Å². The number of aromatic nitrogens is 5. The van der Waals surface area contributed by atoms with E-state index in [2.05, 4.69) is 140 Å². The summed E-state index contributed by atoms with van der Waals surface area (Å²) in [5.74, 6) is 1.90. The molecule has 0 radical (unpaired) electrons. The Labute approximate surface area is 340 Å². The monoisotopic (exact) mass is 755 g/mol. The van der Waals surface area contributed by atoms with Crippen molar-refractivity contribution in [1.82, 2.24) is 24.9 Å². The van der Waals surface area contributed by atoms with Gasteiger partial charge >= 0.3 is 0 Å². The van der Waals surface area contributed by atoms with Crippen LogP contribution in [-0.2, 0) is 0 Å². The van der Waals surface area contributed by atoms with E-state index in [1.54, 1.807) is 0 Å². The lowest BCUT2D eigenvalue weighted by Crippen LogP contribution is -2.00. The number of hydrogen-bond donors (Lipinski definition) is 0. The maximum atomic E-state index is 6.21. The van der Waals surface area contributed by atoms with Gasteiger partial charge in [0, 0.05) is 22.1 Å². The first kappa shape index (κ1) is 34.2. The van der Waals surface area contributed by atoms with Crippen molar-refractivity contribution in [2.24, 2.45) is 0 Å². The third-order valence-electron chi connectivity index (χ3n) is 10.8. The van der Waals surface area contributed by atoms with Crippen molar-refractivity contribution in [2.45, 2.75) is 0 Å². The topological polar surface area (TPSA) is 77.6 Å². The molecule has 3 aromatic heterocycles. The Morgan fingerprint density at radius 2 is 0.644 bits per heavy atom. The van der Waals surface area contributed by atoms with Gasteiger partial charge in [0.15, 0.2) is 17.5 Å². The summed E-state index contributed by atoms with van der Waals surface area (Å²) < 4.78 is 6.21. The Morgan fingerprint density at radius 3 is 1.20 bits per heavy atom. The Kier molecular flexibility index (Phi) is 8.37. The smallest absolute Gasteiger partial charge is 0.246 e. The van der Waals surface area contributed by atoms with Gasteiger partial charge in [-0.2, -0.15) is 0 Å². The van der Waals surface area contributed by atoms with Crippen LogP contribution in [0.5, 0.6) is 0 Å². The van der Waals surface area contributed by atoms with Crippen molar-refractivity contribution in [2.75, 3.05) is 0 Å². The van der Waals surface area contributed by atoms with Crippen molar-refractivity contribution < 1.29 is 4.42 Å². The molecule has 59 heavy (non-hydrogen) atoms. The van der Waals surface area contributed by atoms with Gasteiger partial charge in [0.25, 0.3) is 0 Å². The van der Waals surface area contributed by atoms with Crippen LogP contribution in [0, 0.1) is 0 Å². The molecule has 0 amide bonds. The number of para-hydroxylation sites is 2. The molecule has 0 spiro atoms. The maximum absolute atomic E-state index is 6.21. The van der Waals surface area contributed by atoms with E-state index in [0.29, 0.717) is 23.2 Å². The Balaban J connectivity index is 0.859. The highest BCUT2D eigenvalue weighted by molar-refractivity contribution is 6.04. The number of furan rings is 1. The minimum Gasteiger partial charge on any atom is -0.436 e. The van der Waals surface area contributed by atoms with Gasteiger partial charge in [0.2, 0.25) is 5.71 Å². The standard InChI is InChI=1S/C53H33N5O/c1-3-10-34(11-4-1)35-22-26-40(27-23-35)51-56-50(39-12-5-2-6-13-39)57-52(58-51)41-28-24-37(25-29-41)36-18-20-38(21-19-36)42-14-9-15-43(32-42)44-30-31-45-48(33-44)59-53-49(45)54-46-16-7-8-17-47(46)55-53/h1-33H. The maximum Gasteiger partial charge on any atom is 0.246 e. The molecule has 0 saturated heterocycles. The molecular formula is C53H33N5O. The molecule has 11 aromatic rings. The molecule has 276 valence electrons. The summed E-state index contributed by atoms with van der Waals surface area (Å²) in [5.41, 5.74) is 15.6. The fourth-order valence-electron chi connectivity index (χ4n) is 7.65. The van der Waals surface area contributed by atoms with E-state index in [0.717, 1.165) is 83.2 Å². The van der Waals surface area contributed by atoms with E-state index < -0.39 is 0 Å².